The number of nitrogens with zero attached hydrogens (tertiary/aromatic N) is 8. The normalized spacial score (nSPS) is 17.4. The Hall–Kier alpha value is -5.30. The van der Waals surface area contributed by atoms with Crippen molar-refractivity contribution in [1.82, 2.24) is 51.0 Å². The summed E-state index contributed by atoms with van der Waals surface area (Å²) in [6.45, 7) is 0.160. The number of aliphatic carboxylic acids is 1. The van der Waals surface area contributed by atoms with Gasteiger partial charge in [-0.3, -0.25) is 19.3 Å². The lowest BCUT2D eigenvalue weighted by Gasteiger charge is -2.49. The summed E-state index contributed by atoms with van der Waals surface area (Å²) in [5, 5.41) is 50.4. The summed E-state index contributed by atoms with van der Waals surface area (Å²) in [7, 11) is 0. The van der Waals surface area contributed by atoms with Crippen LogP contribution < -0.4 is 10.6 Å². The van der Waals surface area contributed by atoms with Gasteiger partial charge in [0.1, 0.15) is 29.4 Å². The fourth-order valence-electron chi connectivity index (χ4n) is 4.78. The van der Waals surface area contributed by atoms with E-state index in [9.17, 15) is 29.4 Å². The highest BCUT2D eigenvalue weighted by Gasteiger charge is 2.54. The molecule has 230 valence electrons. The number of para-hydroxylation sites is 2. The number of carboxylic acid groups (broad SMARTS) is 1. The van der Waals surface area contributed by atoms with E-state index in [0.717, 1.165) is 0 Å². The number of carboxylic acids is 1. The monoisotopic (exact) mass is 649 g/mol. The average Bonchev–Trinajstić information content (AvgIpc) is 3.71. The number of carbonyl (C=O) groups is 4. The Morgan fingerprint density at radius 1 is 1.11 bits per heavy atom. The fraction of sp³-hybridized carbons (Fsp3) is 0.231. The van der Waals surface area contributed by atoms with Crippen molar-refractivity contribution in [3.05, 3.63) is 76.8 Å². The number of aromatic amines is 1. The molecular weight excluding hydrogens is 626 g/mol. The molecule has 1 fully saturated rings. The third-order valence-corrected chi connectivity index (χ3v) is 9.27. The molecule has 17 nitrogen and oxygen atoms in total. The second kappa shape index (κ2) is 12.7. The van der Waals surface area contributed by atoms with E-state index in [1.807, 2.05) is 0 Å². The molecule has 0 aliphatic carbocycles. The van der Waals surface area contributed by atoms with Crippen LogP contribution in [0.2, 0.25) is 0 Å². The van der Waals surface area contributed by atoms with Gasteiger partial charge >= 0.3 is 5.97 Å². The number of aromatic hydroxyl groups is 1. The number of nitrogens with one attached hydrogen (secondary N) is 3. The number of anilines is 1. The summed E-state index contributed by atoms with van der Waals surface area (Å²) in [4.78, 5) is 52.4. The van der Waals surface area contributed by atoms with Crippen molar-refractivity contribution in [1.29, 1.82) is 0 Å². The number of benzene rings is 2. The number of phenolic OH excluding ortho intramolecular Hbond substituents is 1. The van der Waals surface area contributed by atoms with Crippen LogP contribution in [-0.2, 0) is 27.3 Å². The molecule has 6 rings (SSSR count). The van der Waals surface area contributed by atoms with Gasteiger partial charge in [0, 0.05) is 17.2 Å². The molecule has 2 aliphatic rings. The van der Waals surface area contributed by atoms with Crippen molar-refractivity contribution in [3.63, 3.8) is 0 Å². The molecule has 4 aromatic rings. The molecule has 2 unspecified atom stereocenters. The van der Waals surface area contributed by atoms with Gasteiger partial charge in [0.15, 0.2) is 5.82 Å². The van der Waals surface area contributed by atoms with Crippen molar-refractivity contribution in [2.45, 2.75) is 29.5 Å². The molecule has 0 spiro atoms. The Morgan fingerprint density at radius 3 is 2.69 bits per heavy atom. The maximum absolute atomic E-state index is 13.2. The number of thioether (sulfide) groups is 2. The van der Waals surface area contributed by atoms with Crippen LogP contribution >= 0.6 is 23.5 Å². The Bertz CT molecular complexity index is 1810. The molecule has 2 atom stereocenters. The van der Waals surface area contributed by atoms with Gasteiger partial charge in [-0.1, -0.05) is 47.3 Å². The summed E-state index contributed by atoms with van der Waals surface area (Å²) in [5.41, 5.74) is 1.32. The minimum absolute atomic E-state index is 0.0775. The molecule has 4 heterocycles. The SMILES string of the molecule is O=C(Cc1ccccc1NC(=O)c1ccccc1O)NC1C(=O)N2C(C(=O)O)=C(CSc3nnnn3Cc3nn[nH]n3)CSC12. The molecule has 0 bridgehead atoms. The van der Waals surface area contributed by atoms with E-state index >= 15 is 0 Å². The minimum atomic E-state index is -1.26. The van der Waals surface area contributed by atoms with E-state index in [2.05, 4.69) is 46.8 Å². The number of β-lactam (4-membered cyclic amide) rings is 1. The van der Waals surface area contributed by atoms with Crippen molar-refractivity contribution < 1.29 is 29.4 Å². The molecule has 2 aliphatic heterocycles. The largest absolute Gasteiger partial charge is 0.507 e. The lowest BCUT2D eigenvalue weighted by atomic mass is 10.0. The van der Waals surface area contributed by atoms with E-state index in [0.29, 0.717) is 33.6 Å². The quantitative estimate of drug-likeness (QED) is 0.108. The molecule has 2 aromatic heterocycles. The van der Waals surface area contributed by atoms with Gasteiger partial charge in [-0.25, -0.2) is 9.48 Å². The van der Waals surface area contributed by atoms with E-state index in [-0.39, 0.29) is 35.7 Å². The van der Waals surface area contributed by atoms with Gasteiger partial charge in [0.2, 0.25) is 11.1 Å². The van der Waals surface area contributed by atoms with Crippen LogP contribution in [-0.4, -0.2) is 103 Å². The van der Waals surface area contributed by atoms with E-state index < -0.39 is 35.1 Å². The summed E-state index contributed by atoms with van der Waals surface area (Å²) >= 11 is 2.55. The van der Waals surface area contributed by atoms with E-state index in [1.165, 1.54) is 45.2 Å². The van der Waals surface area contributed by atoms with Gasteiger partial charge in [0.05, 0.1) is 12.0 Å². The van der Waals surface area contributed by atoms with E-state index in [1.54, 1.807) is 36.4 Å². The highest BCUT2D eigenvalue weighted by Crippen LogP contribution is 2.41. The van der Waals surface area contributed by atoms with Crippen LogP contribution in [0.1, 0.15) is 21.7 Å². The molecule has 45 heavy (non-hydrogen) atoms. The Balaban J connectivity index is 1.09. The Labute approximate surface area is 261 Å². The van der Waals surface area contributed by atoms with Gasteiger partial charge < -0.3 is 20.8 Å². The number of aromatic nitrogens is 8. The second-order valence-electron chi connectivity index (χ2n) is 9.75. The number of tetrazole rings is 2. The Kier molecular flexibility index (Phi) is 8.43. The Morgan fingerprint density at radius 2 is 1.91 bits per heavy atom. The zero-order chi connectivity index (χ0) is 31.5. The minimum Gasteiger partial charge on any atom is -0.507 e. The summed E-state index contributed by atoms with van der Waals surface area (Å²) in [5.74, 6) is -2.12. The first-order valence-corrected chi connectivity index (χ1v) is 15.3. The zero-order valence-electron chi connectivity index (χ0n) is 23.0. The maximum atomic E-state index is 13.2. The van der Waals surface area contributed by atoms with Crippen molar-refractivity contribution >= 4 is 52.9 Å². The van der Waals surface area contributed by atoms with Crippen LogP contribution in [0, 0.1) is 0 Å². The van der Waals surface area contributed by atoms with Crippen LogP contribution in [0.4, 0.5) is 5.69 Å². The number of hydrogen-bond acceptors (Lipinski definition) is 13. The predicted octanol–water partition coefficient (Wildman–Crippen LogP) is 0.266. The number of fused-ring (bicyclic) bond motifs is 1. The first-order valence-electron chi connectivity index (χ1n) is 13.3. The van der Waals surface area contributed by atoms with Crippen molar-refractivity contribution in [2.75, 3.05) is 16.8 Å². The molecule has 0 saturated carbocycles. The van der Waals surface area contributed by atoms with Crippen LogP contribution in [0.25, 0.3) is 0 Å². The lowest BCUT2D eigenvalue weighted by Crippen LogP contribution is -2.70. The van der Waals surface area contributed by atoms with Crippen LogP contribution in [0.5, 0.6) is 5.75 Å². The number of rotatable bonds is 11. The van der Waals surface area contributed by atoms with E-state index in [4.69, 9.17) is 0 Å². The zero-order valence-corrected chi connectivity index (χ0v) is 24.7. The van der Waals surface area contributed by atoms with Crippen LogP contribution in [0.15, 0.2) is 65.0 Å². The van der Waals surface area contributed by atoms with Gasteiger partial charge in [-0.15, -0.1) is 27.1 Å². The first kappa shape index (κ1) is 29.8. The molecule has 2 aromatic carbocycles. The van der Waals surface area contributed by atoms with Gasteiger partial charge in [-0.2, -0.15) is 5.21 Å². The van der Waals surface area contributed by atoms with Gasteiger partial charge in [-0.05, 0) is 39.8 Å². The molecule has 0 radical (unpaired) electrons. The third kappa shape index (κ3) is 6.20. The van der Waals surface area contributed by atoms with Crippen molar-refractivity contribution in [3.8, 4) is 5.75 Å². The van der Waals surface area contributed by atoms with Crippen LogP contribution in [0.3, 0.4) is 0 Å². The predicted molar refractivity (Wildman–Crippen MR) is 158 cm³/mol. The molecule has 1 saturated heterocycles. The topological polar surface area (TPSA) is 234 Å². The standard InChI is InChI=1S/C26H23N11O6S2/c38-17-8-4-2-6-15(17)22(40)27-16-7-3-1-5-13(16)9-19(39)28-20-23(41)37-21(25(42)43)14(11-44-24(20)37)12-45-26-31-34-35-36(26)10-18-29-32-33-30-18/h1-8,20,24,38H,9-12H2,(H,27,40)(H,28,39)(H,42,43)(H,29,30,32,33). The molecule has 19 heteroatoms. The third-order valence-electron chi connectivity index (χ3n) is 6.89. The number of H-pyrrole nitrogens is 1. The fourth-order valence-corrected chi connectivity index (χ4v) is 7.14. The number of phenols is 1. The van der Waals surface area contributed by atoms with Gasteiger partial charge in [0.25, 0.3) is 11.8 Å². The average molecular weight is 650 g/mol. The molecule has 5 N–H and O–H groups in total. The summed E-state index contributed by atoms with van der Waals surface area (Å²) in [6.07, 6.45) is -0.152. The highest BCUT2D eigenvalue weighted by molar-refractivity contribution is 8.01. The summed E-state index contributed by atoms with van der Waals surface area (Å²) < 4.78 is 1.45. The summed E-state index contributed by atoms with van der Waals surface area (Å²) in [6, 6.07) is 11.9. The molecular formula is C26H23N11O6S2. The number of amides is 3. The van der Waals surface area contributed by atoms with Crippen molar-refractivity contribution in [2.24, 2.45) is 0 Å². The number of carbonyl (C=O) groups excluding carboxylic acids is 3. The highest BCUT2D eigenvalue weighted by atomic mass is 32.2. The lowest BCUT2D eigenvalue weighted by molar-refractivity contribution is -0.150. The second-order valence-corrected chi connectivity index (χ2v) is 11.8. The molecule has 3 amide bonds. The first-order chi connectivity index (χ1) is 21.8. The smallest absolute Gasteiger partial charge is 0.352 e. The maximum Gasteiger partial charge on any atom is 0.352 e. The number of hydrogen-bond donors (Lipinski definition) is 5.